The summed E-state index contributed by atoms with van der Waals surface area (Å²) in [6.45, 7) is 1.77. The first-order valence-corrected chi connectivity index (χ1v) is 9.82. The van der Waals surface area contributed by atoms with Gasteiger partial charge in [-0.3, -0.25) is 4.79 Å². The molecule has 3 aromatic heterocycles. The Labute approximate surface area is 175 Å². The number of fused-ring (bicyclic) bond motifs is 1. The van der Waals surface area contributed by atoms with Crippen LogP contribution in [0.15, 0.2) is 24.8 Å². The third kappa shape index (κ3) is 4.84. The molecule has 1 amide bonds. The molecule has 0 radical (unpaired) electrons. The van der Waals surface area contributed by atoms with E-state index in [1.807, 2.05) is 5.32 Å². The van der Waals surface area contributed by atoms with E-state index in [9.17, 15) is 18.0 Å². The van der Waals surface area contributed by atoms with Crippen LogP contribution >= 0.6 is 0 Å². The number of H-pyrrole nitrogens is 1. The molecule has 4 heterocycles. The lowest BCUT2D eigenvalue weighted by Crippen LogP contribution is -2.42. The molecule has 0 unspecified atom stereocenters. The molecule has 164 valence electrons. The van der Waals surface area contributed by atoms with Gasteiger partial charge < -0.3 is 20.5 Å². The van der Waals surface area contributed by atoms with Gasteiger partial charge in [-0.05, 0) is 19.8 Å². The van der Waals surface area contributed by atoms with Crippen molar-refractivity contribution in [2.45, 2.75) is 32.0 Å². The average Bonchev–Trinajstić information content (AvgIpc) is 3.41. The van der Waals surface area contributed by atoms with Gasteiger partial charge in [0.15, 0.2) is 5.82 Å². The fourth-order valence-corrected chi connectivity index (χ4v) is 3.41. The van der Waals surface area contributed by atoms with Crippen LogP contribution in [0.5, 0.6) is 0 Å². The summed E-state index contributed by atoms with van der Waals surface area (Å²) >= 11 is 0. The number of hydrogen-bond acceptors (Lipinski definition) is 7. The average molecular weight is 434 g/mol. The minimum atomic E-state index is -4.47. The number of carbonyl (C=O) groups is 1. The van der Waals surface area contributed by atoms with Crippen LogP contribution in [0.1, 0.15) is 19.8 Å². The van der Waals surface area contributed by atoms with E-state index in [2.05, 4.69) is 35.1 Å². The Morgan fingerprint density at radius 1 is 1.29 bits per heavy atom. The molecule has 3 aromatic rings. The van der Waals surface area contributed by atoms with Crippen molar-refractivity contribution < 1.29 is 18.0 Å². The van der Waals surface area contributed by atoms with Crippen molar-refractivity contribution in [1.29, 1.82) is 0 Å². The largest absolute Gasteiger partial charge is 0.405 e. The topological polar surface area (TPSA) is 112 Å². The van der Waals surface area contributed by atoms with Crippen molar-refractivity contribution in [3.05, 3.63) is 24.8 Å². The molecule has 0 bridgehead atoms. The SMILES string of the molecule is C[C@H](Nc1cc(N2CCCC2)nc(-c2c[nH]c3ncncc23)n1)C(=O)NCC(F)(F)F. The highest BCUT2D eigenvalue weighted by molar-refractivity contribution is 5.91. The molecule has 0 spiro atoms. The predicted molar refractivity (Wildman–Crippen MR) is 109 cm³/mol. The highest BCUT2D eigenvalue weighted by Gasteiger charge is 2.29. The zero-order valence-electron chi connectivity index (χ0n) is 16.7. The molecule has 1 fully saturated rings. The Balaban J connectivity index is 1.63. The molecule has 1 aliphatic heterocycles. The minimum absolute atomic E-state index is 0.341. The minimum Gasteiger partial charge on any atom is -0.358 e. The molecule has 1 atom stereocenters. The van der Waals surface area contributed by atoms with Crippen molar-refractivity contribution in [2.24, 2.45) is 0 Å². The summed E-state index contributed by atoms with van der Waals surface area (Å²) in [6.07, 6.45) is 2.42. The van der Waals surface area contributed by atoms with Crippen LogP contribution in [0.3, 0.4) is 0 Å². The van der Waals surface area contributed by atoms with Crippen LogP contribution in [0, 0.1) is 0 Å². The van der Waals surface area contributed by atoms with Crippen LogP contribution in [0.2, 0.25) is 0 Å². The van der Waals surface area contributed by atoms with Crippen molar-refractivity contribution in [3.8, 4) is 11.4 Å². The van der Waals surface area contributed by atoms with Gasteiger partial charge in [0.1, 0.15) is 36.2 Å². The lowest BCUT2D eigenvalue weighted by atomic mass is 10.2. The number of nitrogens with zero attached hydrogens (tertiary/aromatic N) is 5. The second-order valence-electron chi connectivity index (χ2n) is 7.32. The van der Waals surface area contributed by atoms with Crippen molar-refractivity contribution >= 4 is 28.6 Å². The van der Waals surface area contributed by atoms with E-state index in [1.54, 1.807) is 18.5 Å². The Morgan fingerprint density at radius 2 is 2.06 bits per heavy atom. The molecule has 4 rings (SSSR count). The molecule has 12 heteroatoms. The quantitative estimate of drug-likeness (QED) is 0.547. The van der Waals surface area contributed by atoms with Crippen LogP contribution in [-0.2, 0) is 4.79 Å². The van der Waals surface area contributed by atoms with Crippen LogP contribution in [-0.4, -0.2) is 62.7 Å². The highest BCUT2D eigenvalue weighted by atomic mass is 19.4. The molecular weight excluding hydrogens is 413 g/mol. The number of nitrogens with one attached hydrogen (secondary N) is 3. The maximum Gasteiger partial charge on any atom is 0.405 e. The second-order valence-corrected chi connectivity index (χ2v) is 7.32. The molecule has 31 heavy (non-hydrogen) atoms. The van der Waals surface area contributed by atoms with Gasteiger partial charge in [-0.15, -0.1) is 0 Å². The summed E-state index contributed by atoms with van der Waals surface area (Å²) in [5.74, 6) is 0.642. The van der Waals surface area contributed by atoms with Crippen molar-refractivity contribution in [1.82, 2.24) is 30.2 Å². The van der Waals surface area contributed by atoms with Gasteiger partial charge in [-0.25, -0.2) is 19.9 Å². The van der Waals surface area contributed by atoms with Gasteiger partial charge in [-0.2, -0.15) is 13.2 Å². The first-order valence-electron chi connectivity index (χ1n) is 9.82. The maximum absolute atomic E-state index is 12.4. The maximum atomic E-state index is 12.4. The molecule has 3 N–H and O–H groups in total. The zero-order chi connectivity index (χ0) is 22.0. The first kappa shape index (κ1) is 20.8. The summed E-state index contributed by atoms with van der Waals surface area (Å²) in [6, 6.07) is 0.774. The normalized spacial score (nSPS) is 15.3. The summed E-state index contributed by atoms with van der Waals surface area (Å²) in [7, 11) is 0. The Morgan fingerprint density at radius 3 is 2.81 bits per heavy atom. The van der Waals surface area contributed by atoms with E-state index < -0.39 is 24.7 Å². The lowest BCUT2D eigenvalue weighted by Gasteiger charge is -2.20. The number of alkyl halides is 3. The Kier molecular flexibility index (Phi) is 5.61. The third-order valence-corrected chi connectivity index (χ3v) is 4.96. The molecular formula is C19H21F3N8O. The molecule has 1 saturated heterocycles. The summed E-state index contributed by atoms with van der Waals surface area (Å²) in [5, 5.41) is 5.51. The monoisotopic (exact) mass is 434 g/mol. The van der Waals surface area contributed by atoms with E-state index in [-0.39, 0.29) is 0 Å². The standard InChI is InChI=1S/C19H21F3N8O/c1-11(18(31)25-9-19(20,21)22)27-14-6-15(30-4-2-3-5-30)29-17(28-14)13-8-24-16-12(13)7-23-10-26-16/h6-8,10-11H,2-5,9H2,1H3,(H,25,31)(H,23,24,26)(H,27,28,29)/t11-/m0/s1. The molecule has 0 saturated carbocycles. The smallest absolute Gasteiger partial charge is 0.358 e. The lowest BCUT2D eigenvalue weighted by molar-refractivity contribution is -0.138. The number of amides is 1. The fourth-order valence-electron chi connectivity index (χ4n) is 3.41. The third-order valence-electron chi connectivity index (χ3n) is 4.96. The van der Waals surface area contributed by atoms with Crippen molar-refractivity contribution in [3.63, 3.8) is 0 Å². The first-order chi connectivity index (χ1) is 14.8. The van der Waals surface area contributed by atoms with Gasteiger partial charge in [-0.1, -0.05) is 0 Å². The summed E-state index contributed by atoms with van der Waals surface area (Å²) < 4.78 is 37.2. The van der Waals surface area contributed by atoms with Gasteiger partial charge in [0.05, 0.1) is 0 Å². The van der Waals surface area contributed by atoms with Gasteiger partial charge in [0.25, 0.3) is 0 Å². The van der Waals surface area contributed by atoms with E-state index in [4.69, 9.17) is 0 Å². The fraction of sp³-hybridized carbons (Fsp3) is 0.421. The molecule has 0 aliphatic carbocycles. The van der Waals surface area contributed by atoms with Crippen LogP contribution in [0.25, 0.3) is 22.4 Å². The Hall–Kier alpha value is -3.44. The van der Waals surface area contributed by atoms with Crippen molar-refractivity contribution in [2.75, 3.05) is 29.9 Å². The summed E-state index contributed by atoms with van der Waals surface area (Å²) in [5.41, 5.74) is 1.32. The van der Waals surface area contributed by atoms with Crippen LogP contribution in [0.4, 0.5) is 24.8 Å². The van der Waals surface area contributed by atoms with E-state index in [0.29, 0.717) is 28.7 Å². The predicted octanol–water partition coefficient (Wildman–Crippen LogP) is 2.49. The number of rotatable bonds is 6. The Bertz CT molecular complexity index is 1080. The van der Waals surface area contributed by atoms with E-state index >= 15 is 0 Å². The number of hydrogen-bond donors (Lipinski definition) is 3. The number of aromatic amines is 1. The number of halogens is 3. The molecule has 9 nitrogen and oxygen atoms in total. The highest BCUT2D eigenvalue weighted by Crippen LogP contribution is 2.29. The number of aromatic nitrogens is 5. The van der Waals surface area contributed by atoms with E-state index in [0.717, 1.165) is 31.3 Å². The van der Waals surface area contributed by atoms with Gasteiger partial charge in [0, 0.05) is 42.5 Å². The number of carbonyl (C=O) groups excluding carboxylic acids is 1. The van der Waals surface area contributed by atoms with E-state index in [1.165, 1.54) is 13.3 Å². The van der Waals surface area contributed by atoms with Gasteiger partial charge in [0.2, 0.25) is 5.91 Å². The van der Waals surface area contributed by atoms with Gasteiger partial charge >= 0.3 is 6.18 Å². The zero-order valence-corrected chi connectivity index (χ0v) is 16.7. The number of anilines is 2. The second kappa shape index (κ2) is 8.36. The summed E-state index contributed by atoms with van der Waals surface area (Å²) in [4.78, 5) is 34.6. The molecule has 1 aliphatic rings. The molecule has 0 aromatic carbocycles. The van der Waals surface area contributed by atoms with Crippen LogP contribution < -0.4 is 15.5 Å².